The van der Waals surface area contributed by atoms with E-state index in [0.717, 1.165) is 18.6 Å². The summed E-state index contributed by atoms with van der Waals surface area (Å²) in [5, 5.41) is 2.98. The fraction of sp³-hybridized carbons (Fsp3) is 0.588. The molecule has 1 N–H and O–H groups in total. The van der Waals surface area contributed by atoms with Crippen LogP contribution in [0.1, 0.15) is 40.0 Å². The van der Waals surface area contributed by atoms with Crippen LogP contribution in [0.4, 0.5) is 4.39 Å². The molecule has 5 nitrogen and oxygen atoms in total. The number of carbonyl (C=O) groups excluding carboxylic acids is 1. The van der Waals surface area contributed by atoms with Crippen LogP contribution in [-0.2, 0) is 14.8 Å². The predicted molar refractivity (Wildman–Crippen MR) is 90.4 cm³/mol. The maximum Gasteiger partial charge on any atom is 0.243 e. The Hall–Kier alpha value is -1.47. The van der Waals surface area contributed by atoms with E-state index in [1.165, 1.54) is 16.4 Å². The summed E-state index contributed by atoms with van der Waals surface area (Å²) in [6.45, 7) is 6.42. The molecule has 2 rings (SSSR count). The van der Waals surface area contributed by atoms with Crippen LogP contribution in [0.3, 0.4) is 0 Å². The number of hydrogen-bond donors (Lipinski definition) is 1. The molecule has 0 saturated carbocycles. The fourth-order valence-corrected chi connectivity index (χ4v) is 4.18. The SMILES string of the molecule is CCC(C)(C)NC(=O)[C@@H]1CCCN(S(=O)(=O)c2ccc(F)cc2)C1. The molecule has 1 aliphatic heterocycles. The summed E-state index contributed by atoms with van der Waals surface area (Å²) in [6, 6.07) is 4.78. The third kappa shape index (κ3) is 4.33. The summed E-state index contributed by atoms with van der Waals surface area (Å²) >= 11 is 0. The Labute approximate surface area is 143 Å². The van der Waals surface area contributed by atoms with Crippen molar-refractivity contribution in [3.63, 3.8) is 0 Å². The Morgan fingerprint density at radius 3 is 2.54 bits per heavy atom. The summed E-state index contributed by atoms with van der Waals surface area (Å²) in [4.78, 5) is 12.5. The van der Waals surface area contributed by atoms with Crippen molar-refractivity contribution in [2.45, 2.75) is 50.5 Å². The summed E-state index contributed by atoms with van der Waals surface area (Å²) in [7, 11) is -3.71. The number of rotatable bonds is 5. The van der Waals surface area contributed by atoms with Gasteiger partial charge in [0.05, 0.1) is 10.8 Å². The van der Waals surface area contributed by atoms with Crippen molar-refractivity contribution in [2.24, 2.45) is 5.92 Å². The molecule has 1 aromatic rings. The minimum atomic E-state index is -3.71. The normalized spacial score (nSPS) is 19.9. The van der Waals surface area contributed by atoms with Crippen LogP contribution < -0.4 is 5.32 Å². The Balaban J connectivity index is 2.12. The molecule has 1 fully saturated rings. The van der Waals surface area contributed by atoms with E-state index in [1.807, 2.05) is 20.8 Å². The topological polar surface area (TPSA) is 66.5 Å². The highest BCUT2D eigenvalue weighted by atomic mass is 32.2. The number of halogens is 1. The third-order valence-electron chi connectivity index (χ3n) is 4.55. The van der Waals surface area contributed by atoms with Crippen molar-refractivity contribution in [3.05, 3.63) is 30.1 Å². The first-order valence-electron chi connectivity index (χ1n) is 8.23. The lowest BCUT2D eigenvalue weighted by Crippen LogP contribution is -2.50. The molecular formula is C17H25FN2O3S. The van der Waals surface area contributed by atoms with E-state index < -0.39 is 15.8 Å². The first-order chi connectivity index (χ1) is 11.2. The van der Waals surface area contributed by atoms with Crippen LogP contribution in [0.25, 0.3) is 0 Å². The van der Waals surface area contributed by atoms with Gasteiger partial charge in [0.25, 0.3) is 0 Å². The van der Waals surface area contributed by atoms with Gasteiger partial charge in [-0.1, -0.05) is 6.92 Å². The van der Waals surface area contributed by atoms with Gasteiger partial charge < -0.3 is 5.32 Å². The van der Waals surface area contributed by atoms with Crippen LogP contribution in [0.2, 0.25) is 0 Å². The number of carbonyl (C=O) groups is 1. The maximum atomic E-state index is 13.0. The van der Waals surface area contributed by atoms with E-state index >= 15 is 0 Å². The molecule has 0 aromatic heterocycles. The second kappa shape index (κ2) is 7.19. The van der Waals surface area contributed by atoms with Crippen molar-refractivity contribution in [2.75, 3.05) is 13.1 Å². The number of benzene rings is 1. The predicted octanol–water partition coefficient (Wildman–Crippen LogP) is 2.53. The number of hydrogen-bond acceptors (Lipinski definition) is 3. The standard InChI is InChI=1S/C17H25FN2O3S/c1-4-17(2,3)19-16(21)13-6-5-11-20(12-13)24(22,23)15-9-7-14(18)8-10-15/h7-10,13H,4-6,11-12H2,1-3H3,(H,19,21)/t13-/m1/s1. The van der Waals surface area contributed by atoms with Gasteiger partial charge in [-0.25, -0.2) is 12.8 Å². The number of sulfonamides is 1. The highest BCUT2D eigenvalue weighted by molar-refractivity contribution is 7.89. The summed E-state index contributed by atoms with van der Waals surface area (Å²) in [5.74, 6) is -0.952. The molecule has 0 spiro atoms. The van der Waals surface area contributed by atoms with Crippen LogP contribution in [-0.4, -0.2) is 37.3 Å². The number of nitrogens with zero attached hydrogens (tertiary/aromatic N) is 1. The fourth-order valence-electron chi connectivity index (χ4n) is 2.65. The zero-order chi connectivity index (χ0) is 18.0. The van der Waals surface area contributed by atoms with Crippen LogP contribution >= 0.6 is 0 Å². The minimum absolute atomic E-state index is 0.0545. The molecule has 1 heterocycles. The van der Waals surface area contributed by atoms with Gasteiger partial charge in [0.1, 0.15) is 5.82 Å². The zero-order valence-electron chi connectivity index (χ0n) is 14.4. The van der Waals surface area contributed by atoms with Gasteiger partial charge in [-0.3, -0.25) is 4.79 Å². The Morgan fingerprint density at radius 2 is 1.96 bits per heavy atom. The largest absolute Gasteiger partial charge is 0.351 e. The molecule has 1 atom stereocenters. The molecule has 0 aliphatic carbocycles. The highest BCUT2D eigenvalue weighted by Crippen LogP contribution is 2.24. The Bertz CT molecular complexity index is 686. The van der Waals surface area contributed by atoms with E-state index in [-0.39, 0.29) is 28.8 Å². The van der Waals surface area contributed by atoms with Gasteiger partial charge in [0.2, 0.25) is 15.9 Å². The second-order valence-electron chi connectivity index (χ2n) is 6.88. The van der Waals surface area contributed by atoms with Gasteiger partial charge in [-0.15, -0.1) is 0 Å². The first-order valence-corrected chi connectivity index (χ1v) is 9.67. The smallest absolute Gasteiger partial charge is 0.243 e. The third-order valence-corrected chi connectivity index (χ3v) is 6.43. The highest BCUT2D eigenvalue weighted by Gasteiger charge is 2.34. The van der Waals surface area contributed by atoms with E-state index in [2.05, 4.69) is 5.32 Å². The zero-order valence-corrected chi connectivity index (χ0v) is 15.2. The molecule has 1 saturated heterocycles. The monoisotopic (exact) mass is 356 g/mol. The van der Waals surface area contributed by atoms with Crippen molar-refractivity contribution in [1.29, 1.82) is 0 Å². The van der Waals surface area contributed by atoms with Crippen LogP contribution in [0.5, 0.6) is 0 Å². The van der Waals surface area contributed by atoms with E-state index in [4.69, 9.17) is 0 Å². The van der Waals surface area contributed by atoms with Crippen molar-refractivity contribution in [1.82, 2.24) is 9.62 Å². The van der Waals surface area contributed by atoms with Crippen molar-refractivity contribution >= 4 is 15.9 Å². The average Bonchev–Trinajstić information content (AvgIpc) is 2.55. The Morgan fingerprint density at radius 1 is 1.33 bits per heavy atom. The lowest BCUT2D eigenvalue weighted by atomic mass is 9.95. The van der Waals surface area contributed by atoms with Gasteiger partial charge in [-0.2, -0.15) is 4.31 Å². The van der Waals surface area contributed by atoms with E-state index in [1.54, 1.807) is 0 Å². The lowest BCUT2D eigenvalue weighted by molar-refractivity contribution is -0.127. The average molecular weight is 356 g/mol. The molecule has 0 bridgehead atoms. The van der Waals surface area contributed by atoms with Crippen molar-refractivity contribution < 1.29 is 17.6 Å². The summed E-state index contributed by atoms with van der Waals surface area (Å²) in [5.41, 5.74) is -0.310. The first kappa shape index (κ1) is 18.9. The number of piperidine rings is 1. The molecule has 1 aliphatic rings. The Kier molecular flexibility index (Phi) is 5.65. The van der Waals surface area contributed by atoms with Gasteiger partial charge in [0, 0.05) is 18.6 Å². The minimum Gasteiger partial charge on any atom is -0.351 e. The molecule has 0 radical (unpaired) electrons. The van der Waals surface area contributed by atoms with E-state index in [0.29, 0.717) is 19.4 Å². The van der Waals surface area contributed by atoms with Crippen molar-refractivity contribution in [3.8, 4) is 0 Å². The maximum absolute atomic E-state index is 13.0. The van der Waals surface area contributed by atoms with Gasteiger partial charge in [0.15, 0.2) is 0 Å². The lowest BCUT2D eigenvalue weighted by Gasteiger charge is -2.33. The quantitative estimate of drug-likeness (QED) is 0.882. The molecule has 24 heavy (non-hydrogen) atoms. The van der Waals surface area contributed by atoms with Gasteiger partial charge >= 0.3 is 0 Å². The molecule has 7 heteroatoms. The summed E-state index contributed by atoms with van der Waals surface area (Å²) < 4.78 is 39.7. The molecule has 134 valence electrons. The van der Waals surface area contributed by atoms with Gasteiger partial charge in [-0.05, 0) is 57.4 Å². The number of amides is 1. The van der Waals surface area contributed by atoms with Crippen LogP contribution in [0.15, 0.2) is 29.2 Å². The molecule has 1 aromatic carbocycles. The van der Waals surface area contributed by atoms with E-state index in [9.17, 15) is 17.6 Å². The molecular weight excluding hydrogens is 331 g/mol. The molecule has 1 amide bonds. The molecule has 0 unspecified atom stereocenters. The number of nitrogens with one attached hydrogen (secondary N) is 1. The van der Waals surface area contributed by atoms with Crippen LogP contribution in [0, 0.1) is 11.7 Å². The second-order valence-corrected chi connectivity index (χ2v) is 8.82. The summed E-state index contributed by atoms with van der Waals surface area (Å²) in [6.07, 6.45) is 2.09.